The number of aromatic carboxylic acids is 1. The van der Waals surface area contributed by atoms with Crippen LogP contribution in [0, 0.1) is 0 Å². The fourth-order valence-corrected chi connectivity index (χ4v) is 2.83. The summed E-state index contributed by atoms with van der Waals surface area (Å²) < 4.78 is 47.4. The van der Waals surface area contributed by atoms with Crippen molar-refractivity contribution in [2.45, 2.75) is 25.1 Å². The van der Waals surface area contributed by atoms with Crippen molar-refractivity contribution in [3.8, 4) is 11.5 Å². The molecule has 3 heterocycles. The van der Waals surface area contributed by atoms with Gasteiger partial charge in [-0.15, -0.1) is 0 Å². The summed E-state index contributed by atoms with van der Waals surface area (Å²) in [6, 6.07) is 8.20. The molecule has 170 valence electrons. The maximum absolute atomic E-state index is 12.5. The van der Waals surface area contributed by atoms with Crippen molar-refractivity contribution in [3.63, 3.8) is 0 Å². The zero-order valence-electron chi connectivity index (χ0n) is 16.7. The fourth-order valence-electron chi connectivity index (χ4n) is 2.83. The number of halogens is 3. The molecular weight excluding hydrogens is 431 g/mol. The third-order valence-corrected chi connectivity index (χ3v) is 4.35. The van der Waals surface area contributed by atoms with Crippen molar-refractivity contribution in [1.82, 2.24) is 15.0 Å². The summed E-state index contributed by atoms with van der Waals surface area (Å²) in [7, 11) is 0. The van der Waals surface area contributed by atoms with E-state index in [1.807, 2.05) is 0 Å². The number of anilines is 2. The quantitative estimate of drug-likeness (QED) is 0.542. The molecule has 2 aromatic heterocycles. The van der Waals surface area contributed by atoms with Crippen molar-refractivity contribution in [2.24, 2.45) is 0 Å². The van der Waals surface area contributed by atoms with Gasteiger partial charge < -0.3 is 25.3 Å². The molecular formula is C20H20F3N5O4. The van der Waals surface area contributed by atoms with Crippen LogP contribution in [0.4, 0.5) is 24.8 Å². The molecule has 12 heteroatoms. The zero-order chi connectivity index (χ0) is 23.1. The third kappa shape index (κ3) is 6.17. The van der Waals surface area contributed by atoms with Crippen LogP contribution in [0.25, 0.3) is 11.5 Å². The first-order valence-electron chi connectivity index (χ1n) is 9.52. The molecule has 3 aromatic rings. The monoisotopic (exact) mass is 451 g/mol. The number of carboxylic acid groups (broad SMARTS) is 1. The van der Waals surface area contributed by atoms with E-state index in [1.165, 1.54) is 12.1 Å². The number of nitrogen functional groups attached to an aromatic ring is 1. The first kappa shape index (κ1) is 23.0. The highest BCUT2D eigenvalue weighted by atomic mass is 19.4. The average Bonchev–Trinajstić information content (AvgIpc) is 3.24. The summed E-state index contributed by atoms with van der Waals surface area (Å²) in [5.41, 5.74) is 4.57. The zero-order valence-corrected chi connectivity index (χ0v) is 16.7. The number of nitrogens with two attached hydrogens (primary N) is 1. The van der Waals surface area contributed by atoms with Crippen LogP contribution in [0.3, 0.4) is 0 Å². The Morgan fingerprint density at radius 3 is 2.34 bits per heavy atom. The van der Waals surface area contributed by atoms with Crippen LogP contribution in [0.2, 0.25) is 0 Å². The average molecular weight is 451 g/mol. The smallest absolute Gasteiger partial charge is 0.452 e. The molecule has 9 nitrogen and oxygen atoms in total. The van der Waals surface area contributed by atoms with Gasteiger partial charge in [0.05, 0.1) is 12.4 Å². The summed E-state index contributed by atoms with van der Waals surface area (Å²) in [4.78, 5) is 22.1. The lowest BCUT2D eigenvalue weighted by Crippen LogP contribution is -2.28. The Morgan fingerprint density at radius 1 is 1.12 bits per heavy atom. The van der Waals surface area contributed by atoms with Crippen LogP contribution in [0.1, 0.15) is 29.1 Å². The Bertz CT molecular complexity index is 1020. The van der Waals surface area contributed by atoms with Crippen LogP contribution in [-0.4, -0.2) is 45.3 Å². The summed E-state index contributed by atoms with van der Waals surface area (Å²) in [5.74, 6) is -2.53. The van der Waals surface area contributed by atoms with E-state index in [1.54, 1.807) is 30.6 Å². The minimum absolute atomic E-state index is 0.274. The highest BCUT2D eigenvalue weighted by Crippen LogP contribution is 2.35. The van der Waals surface area contributed by atoms with E-state index in [2.05, 4.69) is 24.7 Å². The highest BCUT2D eigenvalue weighted by molar-refractivity contribution is 5.87. The first-order chi connectivity index (χ1) is 15.2. The minimum atomic E-state index is -4.90. The second kappa shape index (κ2) is 10.1. The lowest BCUT2D eigenvalue weighted by Gasteiger charge is -2.23. The maximum Gasteiger partial charge on any atom is 0.452 e. The number of alkyl halides is 3. The molecule has 4 rings (SSSR count). The van der Waals surface area contributed by atoms with E-state index in [9.17, 15) is 18.0 Å². The molecule has 0 saturated carbocycles. The SMILES string of the molecule is Nc1cnc(NC2CCOCC2)cn1.O=C(O)c1nc(-c2ccccc2)oc1C(F)(F)F. The van der Waals surface area contributed by atoms with Gasteiger partial charge in [0.15, 0.2) is 5.69 Å². The summed E-state index contributed by atoms with van der Waals surface area (Å²) in [5, 5.41) is 12.0. The molecule has 1 aliphatic heterocycles. The van der Waals surface area contributed by atoms with Crippen molar-refractivity contribution in [3.05, 3.63) is 54.2 Å². The van der Waals surface area contributed by atoms with Gasteiger partial charge in [0.2, 0.25) is 11.7 Å². The van der Waals surface area contributed by atoms with Crippen LogP contribution in [0.15, 0.2) is 47.1 Å². The normalized spacial score (nSPS) is 14.3. The van der Waals surface area contributed by atoms with E-state index in [0.29, 0.717) is 11.9 Å². The molecule has 4 N–H and O–H groups in total. The van der Waals surface area contributed by atoms with Gasteiger partial charge in [-0.2, -0.15) is 13.2 Å². The predicted octanol–water partition coefficient (Wildman–Crippen LogP) is 3.71. The predicted molar refractivity (Wildman–Crippen MR) is 108 cm³/mol. The minimum Gasteiger partial charge on any atom is -0.476 e. The van der Waals surface area contributed by atoms with Crippen LogP contribution in [-0.2, 0) is 10.9 Å². The molecule has 0 atom stereocenters. The van der Waals surface area contributed by atoms with E-state index in [-0.39, 0.29) is 11.5 Å². The maximum atomic E-state index is 12.5. The van der Waals surface area contributed by atoms with Crippen molar-refractivity contribution < 1.29 is 32.2 Å². The molecule has 1 aromatic carbocycles. The molecule has 0 spiro atoms. The van der Waals surface area contributed by atoms with Gasteiger partial charge in [0.25, 0.3) is 0 Å². The van der Waals surface area contributed by atoms with Gasteiger partial charge in [-0.1, -0.05) is 18.2 Å². The first-order valence-corrected chi connectivity index (χ1v) is 9.52. The van der Waals surface area contributed by atoms with E-state index < -0.39 is 23.6 Å². The molecule has 1 aliphatic rings. The number of hydrogen-bond donors (Lipinski definition) is 3. The molecule has 1 fully saturated rings. The number of ether oxygens (including phenoxy) is 1. The number of carboxylic acids is 1. The van der Waals surface area contributed by atoms with Gasteiger partial charge in [-0.05, 0) is 25.0 Å². The molecule has 0 unspecified atom stereocenters. The number of carbonyl (C=O) groups is 1. The van der Waals surface area contributed by atoms with Crippen LogP contribution >= 0.6 is 0 Å². The van der Waals surface area contributed by atoms with Crippen LogP contribution < -0.4 is 11.1 Å². The van der Waals surface area contributed by atoms with Crippen molar-refractivity contribution in [2.75, 3.05) is 24.3 Å². The number of nitrogens with one attached hydrogen (secondary N) is 1. The Kier molecular flexibility index (Phi) is 7.25. The Balaban J connectivity index is 0.000000186. The Morgan fingerprint density at radius 2 is 1.81 bits per heavy atom. The van der Waals surface area contributed by atoms with Gasteiger partial charge in [-0.25, -0.2) is 19.7 Å². The number of benzene rings is 1. The topological polar surface area (TPSA) is 136 Å². The Labute approximate surface area is 180 Å². The van der Waals surface area contributed by atoms with Gasteiger partial charge >= 0.3 is 12.1 Å². The number of rotatable bonds is 4. The number of nitrogens with zero attached hydrogens (tertiary/aromatic N) is 3. The van der Waals surface area contributed by atoms with Gasteiger partial charge in [0, 0.05) is 24.8 Å². The highest BCUT2D eigenvalue weighted by Gasteiger charge is 2.42. The molecule has 32 heavy (non-hydrogen) atoms. The fraction of sp³-hybridized carbons (Fsp3) is 0.300. The molecule has 0 amide bonds. The second-order valence-corrected chi connectivity index (χ2v) is 6.72. The lowest BCUT2D eigenvalue weighted by molar-refractivity contribution is -0.153. The third-order valence-electron chi connectivity index (χ3n) is 4.35. The molecule has 0 aliphatic carbocycles. The number of aromatic nitrogens is 3. The van der Waals surface area contributed by atoms with E-state index in [0.717, 1.165) is 31.9 Å². The summed E-state index contributed by atoms with van der Waals surface area (Å²) in [6.07, 6.45) is 0.359. The Hall–Kier alpha value is -3.67. The number of hydrogen-bond acceptors (Lipinski definition) is 8. The lowest BCUT2D eigenvalue weighted by atomic mass is 10.1. The molecule has 0 bridgehead atoms. The summed E-state index contributed by atoms with van der Waals surface area (Å²) >= 11 is 0. The van der Waals surface area contributed by atoms with Gasteiger partial charge in [0.1, 0.15) is 11.6 Å². The largest absolute Gasteiger partial charge is 0.476 e. The second-order valence-electron chi connectivity index (χ2n) is 6.72. The summed E-state index contributed by atoms with van der Waals surface area (Å²) in [6.45, 7) is 1.64. The van der Waals surface area contributed by atoms with Gasteiger partial charge in [-0.3, -0.25) is 0 Å². The van der Waals surface area contributed by atoms with Crippen molar-refractivity contribution >= 4 is 17.6 Å². The van der Waals surface area contributed by atoms with E-state index >= 15 is 0 Å². The standard InChI is InChI=1S/C11H6F3NO3.C9H14N4O/c12-11(13,14)8-7(10(16)17)15-9(18-8)6-4-2-1-3-5-6;10-8-5-12-9(6-11-8)13-7-1-3-14-4-2-7/h1-5H,(H,16,17);5-7H,1-4H2,(H2,10,11)(H,12,13). The number of oxazole rings is 1. The van der Waals surface area contributed by atoms with Crippen LogP contribution in [0.5, 0.6) is 0 Å². The molecule has 0 radical (unpaired) electrons. The van der Waals surface area contributed by atoms with Crippen molar-refractivity contribution in [1.29, 1.82) is 0 Å². The molecule has 1 saturated heterocycles. The van der Waals surface area contributed by atoms with E-state index in [4.69, 9.17) is 15.6 Å².